The minimum atomic E-state index is -4.55. The molecule has 0 saturated carbocycles. The molecule has 0 aliphatic heterocycles. The van der Waals surface area contributed by atoms with Crippen molar-refractivity contribution in [3.8, 4) is 5.75 Å². The molecule has 66 valence electrons. The molecule has 1 N–H and O–H groups in total. The van der Waals surface area contributed by atoms with Crippen LogP contribution in [0.4, 0.5) is 0 Å². The second kappa shape index (κ2) is 2.76. The summed E-state index contributed by atoms with van der Waals surface area (Å²) in [5.41, 5.74) is 0.694. The van der Waals surface area contributed by atoms with Crippen molar-refractivity contribution < 1.29 is 18.1 Å². The molecule has 0 bridgehead atoms. The summed E-state index contributed by atoms with van der Waals surface area (Å²) in [5.74, 6) is -0.495. The van der Waals surface area contributed by atoms with E-state index >= 15 is 0 Å². The van der Waals surface area contributed by atoms with Gasteiger partial charge < -0.3 is 9.66 Å². The lowest BCUT2D eigenvalue weighted by Crippen LogP contribution is -1.98. The Bertz CT molecular complexity index is 394. The van der Waals surface area contributed by atoms with Crippen LogP contribution in [0.2, 0.25) is 0 Å². The van der Waals surface area contributed by atoms with E-state index in [4.69, 9.17) is 5.11 Å². The molecule has 1 aromatic rings. The summed E-state index contributed by atoms with van der Waals surface area (Å²) in [6.45, 7) is 1.68. The molecular weight excluding hydrogens is 180 g/mol. The standard InChI is InChI=1S/C7H8O4S/c1-5-2-3-7(6(8)4-5)12(9,10)11/h2-4,8H,1H3,(H,9,10,11)/p-1. The molecule has 0 aliphatic carbocycles. The smallest absolute Gasteiger partial charge is 0.133 e. The molecule has 1 rings (SSSR count). The fourth-order valence-electron chi connectivity index (χ4n) is 0.839. The van der Waals surface area contributed by atoms with Crippen molar-refractivity contribution in [2.45, 2.75) is 11.8 Å². The van der Waals surface area contributed by atoms with Gasteiger partial charge in [0.1, 0.15) is 15.9 Å². The highest BCUT2D eigenvalue weighted by atomic mass is 32.2. The summed E-state index contributed by atoms with van der Waals surface area (Å²) in [6, 6.07) is 3.77. The van der Waals surface area contributed by atoms with Crippen LogP contribution in [0.25, 0.3) is 0 Å². The maximum atomic E-state index is 10.4. The summed E-state index contributed by atoms with van der Waals surface area (Å²) in [5, 5.41) is 9.05. The van der Waals surface area contributed by atoms with Gasteiger partial charge in [0.25, 0.3) is 0 Å². The largest absolute Gasteiger partial charge is 0.744 e. The van der Waals surface area contributed by atoms with E-state index in [-0.39, 0.29) is 0 Å². The first-order valence-electron chi connectivity index (χ1n) is 3.17. The quantitative estimate of drug-likeness (QED) is 0.653. The maximum absolute atomic E-state index is 10.4. The van der Waals surface area contributed by atoms with Gasteiger partial charge in [0.2, 0.25) is 0 Å². The summed E-state index contributed by atoms with van der Waals surface area (Å²) >= 11 is 0. The predicted molar refractivity (Wildman–Crippen MR) is 40.8 cm³/mol. The van der Waals surface area contributed by atoms with Crippen LogP contribution in [0.3, 0.4) is 0 Å². The van der Waals surface area contributed by atoms with Crippen LogP contribution in [-0.4, -0.2) is 18.1 Å². The Labute approximate surface area is 70.2 Å². The number of hydrogen-bond donors (Lipinski definition) is 1. The van der Waals surface area contributed by atoms with Gasteiger partial charge in [-0.3, -0.25) is 0 Å². The molecule has 0 radical (unpaired) electrons. The first-order chi connectivity index (χ1) is 5.41. The monoisotopic (exact) mass is 187 g/mol. The Balaban J connectivity index is 3.39. The average Bonchev–Trinajstić information content (AvgIpc) is 1.83. The molecule has 5 heteroatoms. The zero-order valence-electron chi connectivity index (χ0n) is 6.31. The van der Waals surface area contributed by atoms with E-state index < -0.39 is 20.8 Å². The summed E-state index contributed by atoms with van der Waals surface area (Å²) < 4.78 is 31.3. The molecule has 12 heavy (non-hydrogen) atoms. The van der Waals surface area contributed by atoms with Gasteiger partial charge in [0, 0.05) is 0 Å². The van der Waals surface area contributed by atoms with Crippen LogP contribution >= 0.6 is 0 Å². The maximum Gasteiger partial charge on any atom is 0.133 e. The fraction of sp³-hybridized carbons (Fsp3) is 0.143. The first kappa shape index (κ1) is 9.02. The van der Waals surface area contributed by atoms with Gasteiger partial charge >= 0.3 is 0 Å². The van der Waals surface area contributed by atoms with Crippen LogP contribution < -0.4 is 0 Å². The molecule has 0 spiro atoms. The van der Waals surface area contributed by atoms with Crippen molar-refractivity contribution >= 4 is 10.1 Å². The summed E-state index contributed by atoms with van der Waals surface area (Å²) in [7, 11) is -4.55. The lowest BCUT2D eigenvalue weighted by molar-refractivity contribution is 0.435. The minimum absolute atomic E-state index is 0.495. The van der Waals surface area contributed by atoms with Crippen molar-refractivity contribution in [1.29, 1.82) is 0 Å². The van der Waals surface area contributed by atoms with Crippen molar-refractivity contribution in [2.24, 2.45) is 0 Å². The third-order valence-corrected chi connectivity index (χ3v) is 2.27. The summed E-state index contributed by atoms with van der Waals surface area (Å²) in [4.78, 5) is -0.576. The molecule has 0 aromatic heterocycles. The van der Waals surface area contributed by atoms with Crippen molar-refractivity contribution in [3.63, 3.8) is 0 Å². The van der Waals surface area contributed by atoms with Crippen LogP contribution in [0.15, 0.2) is 23.1 Å². The van der Waals surface area contributed by atoms with E-state index in [1.165, 1.54) is 12.1 Å². The Morgan fingerprint density at radius 1 is 1.42 bits per heavy atom. The first-order valence-corrected chi connectivity index (χ1v) is 4.57. The highest BCUT2D eigenvalue weighted by molar-refractivity contribution is 7.85. The Morgan fingerprint density at radius 2 is 2.00 bits per heavy atom. The Kier molecular flexibility index (Phi) is 2.08. The zero-order chi connectivity index (χ0) is 9.35. The Morgan fingerprint density at radius 3 is 2.42 bits per heavy atom. The third kappa shape index (κ3) is 1.75. The normalized spacial score (nSPS) is 11.5. The van der Waals surface area contributed by atoms with Gasteiger partial charge in [-0.25, -0.2) is 8.42 Å². The molecule has 4 nitrogen and oxygen atoms in total. The number of hydrogen-bond acceptors (Lipinski definition) is 4. The molecule has 0 fully saturated rings. The van der Waals surface area contributed by atoms with Gasteiger partial charge in [-0.2, -0.15) is 0 Å². The van der Waals surface area contributed by atoms with Crippen molar-refractivity contribution in [2.75, 3.05) is 0 Å². The lowest BCUT2D eigenvalue weighted by atomic mass is 10.2. The second-order valence-electron chi connectivity index (χ2n) is 2.43. The molecule has 0 unspecified atom stereocenters. The van der Waals surface area contributed by atoms with Crippen LogP contribution in [0.5, 0.6) is 5.75 Å². The van der Waals surface area contributed by atoms with Gasteiger partial charge in [-0.1, -0.05) is 6.07 Å². The van der Waals surface area contributed by atoms with Gasteiger partial charge in [0.05, 0.1) is 4.90 Å². The van der Waals surface area contributed by atoms with E-state index in [1.807, 2.05) is 0 Å². The molecule has 0 saturated heterocycles. The highest BCUT2D eigenvalue weighted by Crippen LogP contribution is 2.22. The van der Waals surface area contributed by atoms with E-state index in [9.17, 15) is 13.0 Å². The van der Waals surface area contributed by atoms with Crippen LogP contribution in [0, 0.1) is 6.92 Å². The van der Waals surface area contributed by atoms with E-state index in [0.717, 1.165) is 6.07 Å². The van der Waals surface area contributed by atoms with Gasteiger partial charge in [-0.05, 0) is 24.6 Å². The third-order valence-electron chi connectivity index (χ3n) is 1.38. The molecular formula is C7H7O4S-. The number of aromatic hydroxyl groups is 1. The number of phenolic OH excluding ortho intramolecular Hbond substituents is 1. The van der Waals surface area contributed by atoms with Crippen LogP contribution in [-0.2, 0) is 10.1 Å². The molecule has 0 heterocycles. The summed E-state index contributed by atoms with van der Waals surface area (Å²) in [6.07, 6.45) is 0. The zero-order valence-corrected chi connectivity index (χ0v) is 7.13. The van der Waals surface area contributed by atoms with Crippen molar-refractivity contribution in [1.82, 2.24) is 0 Å². The van der Waals surface area contributed by atoms with Crippen LogP contribution in [0.1, 0.15) is 5.56 Å². The average molecular weight is 187 g/mol. The number of rotatable bonds is 1. The van der Waals surface area contributed by atoms with E-state index in [2.05, 4.69) is 0 Å². The van der Waals surface area contributed by atoms with E-state index in [0.29, 0.717) is 5.56 Å². The van der Waals surface area contributed by atoms with Crippen molar-refractivity contribution in [3.05, 3.63) is 23.8 Å². The Hall–Kier alpha value is -1.07. The minimum Gasteiger partial charge on any atom is -0.744 e. The highest BCUT2D eigenvalue weighted by Gasteiger charge is 2.06. The molecule has 1 aromatic carbocycles. The number of benzene rings is 1. The molecule has 0 amide bonds. The molecule has 0 aliphatic rings. The number of phenols is 1. The van der Waals surface area contributed by atoms with Gasteiger partial charge in [0.15, 0.2) is 0 Å². The lowest BCUT2D eigenvalue weighted by Gasteiger charge is -2.08. The van der Waals surface area contributed by atoms with Gasteiger partial charge in [-0.15, -0.1) is 0 Å². The SMILES string of the molecule is Cc1ccc(S(=O)(=O)[O-])c(O)c1. The van der Waals surface area contributed by atoms with E-state index in [1.54, 1.807) is 6.92 Å². The topological polar surface area (TPSA) is 77.4 Å². The predicted octanol–water partition coefficient (Wildman–Crippen LogP) is 0.605. The number of aryl methyl sites for hydroxylation is 1. The fourth-order valence-corrected chi connectivity index (χ4v) is 1.39. The molecule has 0 atom stereocenters. The second-order valence-corrected chi connectivity index (χ2v) is 3.77.